The second-order valence-electron chi connectivity index (χ2n) is 7.35. The van der Waals surface area contributed by atoms with Crippen molar-refractivity contribution in [2.24, 2.45) is 11.7 Å². The Labute approximate surface area is 152 Å². The fraction of sp³-hybridized carbons (Fsp3) is 0.368. The normalized spacial score (nSPS) is 13.9. The SMILES string of the molecule is CC(C)CC(C)(N)COc1ccc(-c2cc(N)nc3ccnn23)c(F)c1. The number of benzene rings is 1. The molecule has 0 saturated heterocycles. The van der Waals surface area contributed by atoms with Gasteiger partial charge in [0.2, 0.25) is 0 Å². The lowest BCUT2D eigenvalue weighted by molar-refractivity contribution is 0.206. The third-order valence-electron chi connectivity index (χ3n) is 4.04. The summed E-state index contributed by atoms with van der Waals surface area (Å²) < 4.78 is 22.0. The summed E-state index contributed by atoms with van der Waals surface area (Å²) in [7, 11) is 0. The summed E-state index contributed by atoms with van der Waals surface area (Å²) in [5.41, 5.74) is 13.1. The quantitative estimate of drug-likeness (QED) is 0.706. The summed E-state index contributed by atoms with van der Waals surface area (Å²) >= 11 is 0. The Morgan fingerprint density at radius 2 is 2.04 bits per heavy atom. The first-order valence-corrected chi connectivity index (χ1v) is 8.57. The average Bonchev–Trinajstić information content (AvgIpc) is 2.99. The van der Waals surface area contributed by atoms with Gasteiger partial charge in [-0.3, -0.25) is 0 Å². The van der Waals surface area contributed by atoms with E-state index in [2.05, 4.69) is 23.9 Å². The number of nitrogen functional groups attached to an aromatic ring is 1. The summed E-state index contributed by atoms with van der Waals surface area (Å²) in [4.78, 5) is 4.17. The molecule has 1 atom stereocenters. The van der Waals surface area contributed by atoms with E-state index in [9.17, 15) is 4.39 Å². The zero-order valence-corrected chi connectivity index (χ0v) is 15.2. The van der Waals surface area contributed by atoms with Gasteiger partial charge in [-0.25, -0.2) is 13.9 Å². The van der Waals surface area contributed by atoms with E-state index in [0.29, 0.717) is 41.0 Å². The van der Waals surface area contributed by atoms with Crippen LogP contribution in [0.15, 0.2) is 36.5 Å². The Hall–Kier alpha value is -2.67. The molecule has 0 radical (unpaired) electrons. The highest BCUT2D eigenvalue weighted by Crippen LogP contribution is 2.28. The van der Waals surface area contributed by atoms with Crippen molar-refractivity contribution in [3.8, 4) is 17.0 Å². The number of nitrogens with zero attached hydrogens (tertiary/aromatic N) is 3. The van der Waals surface area contributed by atoms with Crippen LogP contribution in [-0.4, -0.2) is 26.7 Å². The van der Waals surface area contributed by atoms with Gasteiger partial charge in [-0.1, -0.05) is 13.8 Å². The molecule has 0 aliphatic carbocycles. The van der Waals surface area contributed by atoms with Gasteiger partial charge in [-0.2, -0.15) is 5.10 Å². The number of halogens is 1. The molecule has 26 heavy (non-hydrogen) atoms. The molecule has 3 rings (SSSR count). The highest BCUT2D eigenvalue weighted by Gasteiger charge is 2.21. The second-order valence-corrected chi connectivity index (χ2v) is 7.35. The summed E-state index contributed by atoms with van der Waals surface area (Å²) in [5, 5.41) is 4.18. The number of aromatic nitrogens is 3. The van der Waals surface area contributed by atoms with Crippen LogP contribution in [0.1, 0.15) is 27.2 Å². The van der Waals surface area contributed by atoms with Gasteiger partial charge in [0.05, 0.1) is 11.9 Å². The summed E-state index contributed by atoms with van der Waals surface area (Å²) in [6.45, 7) is 6.47. The van der Waals surface area contributed by atoms with E-state index in [4.69, 9.17) is 16.2 Å². The molecular formula is C19H24FN5O. The third kappa shape index (κ3) is 3.94. The predicted octanol–water partition coefficient (Wildman–Crippen LogP) is 3.26. The van der Waals surface area contributed by atoms with Crippen LogP contribution in [0.5, 0.6) is 5.75 Å². The molecule has 7 heteroatoms. The van der Waals surface area contributed by atoms with Crippen LogP contribution >= 0.6 is 0 Å². The lowest BCUT2D eigenvalue weighted by atomic mass is 9.93. The van der Waals surface area contributed by atoms with Crippen molar-refractivity contribution in [3.05, 3.63) is 42.3 Å². The Bertz CT molecular complexity index is 919. The van der Waals surface area contributed by atoms with Crippen molar-refractivity contribution >= 4 is 11.5 Å². The van der Waals surface area contributed by atoms with Crippen LogP contribution in [0, 0.1) is 11.7 Å². The molecule has 0 aliphatic rings. The van der Waals surface area contributed by atoms with Gasteiger partial charge in [-0.05, 0) is 31.4 Å². The van der Waals surface area contributed by atoms with E-state index in [1.807, 2.05) is 6.92 Å². The molecule has 0 saturated carbocycles. The molecular weight excluding hydrogens is 333 g/mol. The molecule has 0 fully saturated rings. The zero-order chi connectivity index (χ0) is 18.9. The maximum Gasteiger partial charge on any atom is 0.158 e. The van der Waals surface area contributed by atoms with E-state index < -0.39 is 11.4 Å². The molecule has 4 N–H and O–H groups in total. The van der Waals surface area contributed by atoms with Crippen molar-refractivity contribution in [1.82, 2.24) is 14.6 Å². The minimum Gasteiger partial charge on any atom is -0.492 e. The third-order valence-corrected chi connectivity index (χ3v) is 4.04. The topological polar surface area (TPSA) is 91.5 Å². The smallest absolute Gasteiger partial charge is 0.158 e. The lowest BCUT2D eigenvalue weighted by Gasteiger charge is -2.26. The van der Waals surface area contributed by atoms with Crippen LogP contribution in [0.25, 0.3) is 16.9 Å². The molecule has 2 heterocycles. The monoisotopic (exact) mass is 357 g/mol. The van der Waals surface area contributed by atoms with Gasteiger partial charge in [-0.15, -0.1) is 0 Å². The van der Waals surface area contributed by atoms with Crippen LogP contribution in [0.4, 0.5) is 10.2 Å². The summed E-state index contributed by atoms with van der Waals surface area (Å²) in [6.07, 6.45) is 2.42. The fourth-order valence-electron chi connectivity index (χ4n) is 3.16. The second kappa shape index (κ2) is 6.92. The van der Waals surface area contributed by atoms with Crippen molar-refractivity contribution in [2.75, 3.05) is 12.3 Å². The Balaban J connectivity index is 1.85. The zero-order valence-electron chi connectivity index (χ0n) is 15.2. The van der Waals surface area contributed by atoms with E-state index >= 15 is 0 Å². The van der Waals surface area contributed by atoms with Crippen molar-refractivity contribution in [2.45, 2.75) is 32.7 Å². The number of hydrogen-bond donors (Lipinski definition) is 2. The highest BCUT2D eigenvalue weighted by molar-refractivity contribution is 5.67. The molecule has 0 amide bonds. The van der Waals surface area contributed by atoms with Gasteiger partial charge in [0.25, 0.3) is 0 Å². The molecule has 1 unspecified atom stereocenters. The summed E-state index contributed by atoms with van der Waals surface area (Å²) in [5.74, 6) is 0.777. The van der Waals surface area contributed by atoms with Crippen molar-refractivity contribution < 1.29 is 9.13 Å². The Morgan fingerprint density at radius 1 is 1.27 bits per heavy atom. The molecule has 0 aliphatic heterocycles. The van der Waals surface area contributed by atoms with E-state index in [0.717, 1.165) is 6.42 Å². The number of anilines is 1. The number of hydrogen-bond acceptors (Lipinski definition) is 5. The maximum atomic E-state index is 14.7. The molecule has 6 nitrogen and oxygen atoms in total. The Kier molecular flexibility index (Phi) is 4.82. The molecule has 2 aromatic heterocycles. The first kappa shape index (κ1) is 18.1. The van der Waals surface area contributed by atoms with Crippen LogP contribution in [0.3, 0.4) is 0 Å². The van der Waals surface area contributed by atoms with Gasteiger partial charge < -0.3 is 16.2 Å². The fourth-order valence-corrected chi connectivity index (χ4v) is 3.16. The van der Waals surface area contributed by atoms with Gasteiger partial charge in [0.1, 0.15) is 24.0 Å². The first-order chi connectivity index (χ1) is 12.2. The van der Waals surface area contributed by atoms with Crippen molar-refractivity contribution in [3.63, 3.8) is 0 Å². The van der Waals surface area contributed by atoms with Gasteiger partial charge in [0.15, 0.2) is 5.65 Å². The lowest BCUT2D eigenvalue weighted by Crippen LogP contribution is -2.43. The minimum absolute atomic E-state index is 0.306. The molecule has 138 valence electrons. The van der Waals surface area contributed by atoms with E-state index in [1.165, 1.54) is 6.07 Å². The Morgan fingerprint density at radius 3 is 2.73 bits per heavy atom. The molecule has 0 spiro atoms. The average molecular weight is 357 g/mol. The van der Waals surface area contributed by atoms with Gasteiger partial charge >= 0.3 is 0 Å². The number of ether oxygens (including phenoxy) is 1. The van der Waals surface area contributed by atoms with Gasteiger partial charge in [0, 0.05) is 29.3 Å². The number of nitrogens with two attached hydrogens (primary N) is 2. The molecule has 1 aromatic carbocycles. The molecule has 0 bridgehead atoms. The minimum atomic E-state index is -0.468. The van der Waals surface area contributed by atoms with Crippen LogP contribution < -0.4 is 16.2 Å². The standard InChI is InChI=1S/C19H24FN5O/c1-12(2)10-19(3,22)11-26-13-4-5-14(15(20)8-13)16-9-17(21)24-18-6-7-23-25(16)18/h4-9,12H,10-11,22H2,1-3H3,(H2,21,24). The molecule has 3 aromatic rings. The number of fused-ring (bicyclic) bond motifs is 1. The summed E-state index contributed by atoms with van der Waals surface area (Å²) in [6, 6.07) is 8.03. The predicted molar refractivity (Wildman–Crippen MR) is 100 cm³/mol. The highest BCUT2D eigenvalue weighted by atomic mass is 19.1. The van der Waals surface area contributed by atoms with Crippen LogP contribution in [0.2, 0.25) is 0 Å². The van der Waals surface area contributed by atoms with E-state index in [-0.39, 0.29) is 0 Å². The first-order valence-electron chi connectivity index (χ1n) is 8.57. The largest absolute Gasteiger partial charge is 0.492 e. The van der Waals surface area contributed by atoms with Crippen molar-refractivity contribution in [1.29, 1.82) is 0 Å². The van der Waals surface area contributed by atoms with E-state index in [1.54, 1.807) is 35.0 Å². The number of rotatable bonds is 6. The van der Waals surface area contributed by atoms with Crippen LogP contribution in [-0.2, 0) is 0 Å². The maximum absolute atomic E-state index is 14.7.